The lowest BCUT2D eigenvalue weighted by Gasteiger charge is -2.45. The van der Waals surface area contributed by atoms with Crippen molar-refractivity contribution in [3.05, 3.63) is 0 Å². The van der Waals surface area contributed by atoms with Crippen LogP contribution in [0.15, 0.2) is 0 Å². The van der Waals surface area contributed by atoms with Crippen LogP contribution in [0.4, 0.5) is 4.39 Å². The Morgan fingerprint density at radius 2 is 1.78 bits per heavy atom. The zero-order valence-electron chi connectivity index (χ0n) is 23.0. The van der Waals surface area contributed by atoms with E-state index in [2.05, 4.69) is 4.90 Å². The number of carbonyl (C=O) groups excluding carboxylic acids is 2. The molecule has 5 fully saturated rings. The average Bonchev–Trinajstić information content (AvgIpc) is 3.23. The second kappa shape index (κ2) is 11.9. The molecule has 2 aliphatic carbocycles. The number of fused-ring (bicyclic) bond motifs is 2. The largest absolute Gasteiger partial charge is 0.376 e. The molecule has 7 nitrogen and oxygen atoms in total. The number of amides is 2. The van der Waals surface area contributed by atoms with Gasteiger partial charge in [-0.05, 0) is 83.6 Å². The summed E-state index contributed by atoms with van der Waals surface area (Å²) in [7, 11) is 2.03. The maximum absolute atomic E-state index is 14.1. The Morgan fingerprint density at radius 3 is 2.59 bits per heavy atom. The molecular formula is C29H48FN3O4. The van der Waals surface area contributed by atoms with Crippen molar-refractivity contribution in [3.63, 3.8) is 0 Å². The Kier molecular flexibility index (Phi) is 8.76. The Hall–Kier alpha value is -1.25. The van der Waals surface area contributed by atoms with Gasteiger partial charge in [-0.2, -0.15) is 0 Å². The molecule has 3 heterocycles. The van der Waals surface area contributed by atoms with Gasteiger partial charge in [-0.25, -0.2) is 4.39 Å². The number of morpholine rings is 1. The smallest absolute Gasteiger partial charge is 0.256 e. The van der Waals surface area contributed by atoms with Crippen LogP contribution in [0.2, 0.25) is 0 Å². The maximum Gasteiger partial charge on any atom is 0.256 e. The summed E-state index contributed by atoms with van der Waals surface area (Å²) in [6.07, 6.45) is 11.0. The van der Waals surface area contributed by atoms with Gasteiger partial charge in [-0.3, -0.25) is 14.5 Å². The van der Waals surface area contributed by atoms with Gasteiger partial charge in [0.25, 0.3) is 5.91 Å². The van der Waals surface area contributed by atoms with Crippen molar-refractivity contribution in [1.29, 1.82) is 0 Å². The molecule has 3 aliphatic heterocycles. The highest BCUT2D eigenvalue weighted by Crippen LogP contribution is 2.41. The van der Waals surface area contributed by atoms with E-state index in [4.69, 9.17) is 9.47 Å². The zero-order chi connectivity index (χ0) is 26.0. The first-order valence-electron chi connectivity index (χ1n) is 15.1. The van der Waals surface area contributed by atoms with E-state index < -0.39 is 11.8 Å². The van der Waals surface area contributed by atoms with Crippen molar-refractivity contribution in [1.82, 2.24) is 14.7 Å². The summed E-state index contributed by atoms with van der Waals surface area (Å²) in [5, 5.41) is 0. The van der Waals surface area contributed by atoms with Crippen LogP contribution >= 0.6 is 0 Å². The third-order valence-electron chi connectivity index (χ3n) is 10.2. The molecule has 8 heteroatoms. The van der Waals surface area contributed by atoms with Crippen molar-refractivity contribution >= 4 is 11.8 Å². The van der Waals surface area contributed by atoms with E-state index in [1.807, 2.05) is 23.8 Å². The molecule has 5 aliphatic rings. The van der Waals surface area contributed by atoms with Gasteiger partial charge in [0.2, 0.25) is 5.91 Å². The molecule has 2 saturated carbocycles. The van der Waals surface area contributed by atoms with E-state index in [0.29, 0.717) is 70.7 Å². The molecule has 0 aromatic carbocycles. The molecule has 0 aromatic heterocycles. The molecule has 0 N–H and O–H groups in total. The number of alkyl halides is 1. The summed E-state index contributed by atoms with van der Waals surface area (Å²) < 4.78 is 26.8. The summed E-state index contributed by atoms with van der Waals surface area (Å²) in [6, 6.07) is 0.0637. The summed E-state index contributed by atoms with van der Waals surface area (Å²) >= 11 is 0. The van der Waals surface area contributed by atoms with Crippen LogP contribution in [0.25, 0.3) is 0 Å². The molecule has 2 amide bonds. The molecule has 0 bridgehead atoms. The van der Waals surface area contributed by atoms with Gasteiger partial charge in [0.05, 0.1) is 31.9 Å². The van der Waals surface area contributed by atoms with Crippen molar-refractivity contribution < 1.29 is 23.5 Å². The van der Waals surface area contributed by atoms with Gasteiger partial charge in [0.15, 0.2) is 5.60 Å². The van der Waals surface area contributed by atoms with Crippen LogP contribution in [0.5, 0.6) is 0 Å². The normalized spacial score (nSPS) is 40.6. The van der Waals surface area contributed by atoms with E-state index in [-0.39, 0.29) is 29.8 Å². The summed E-state index contributed by atoms with van der Waals surface area (Å²) in [6.45, 7) is 4.96. The molecular weight excluding hydrogens is 473 g/mol. The third kappa shape index (κ3) is 5.72. The van der Waals surface area contributed by atoms with E-state index >= 15 is 0 Å². The van der Waals surface area contributed by atoms with Gasteiger partial charge in [-0.1, -0.05) is 19.3 Å². The van der Waals surface area contributed by atoms with Gasteiger partial charge in [-0.15, -0.1) is 0 Å². The van der Waals surface area contributed by atoms with E-state index in [0.717, 1.165) is 38.5 Å². The average molecular weight is 522 g/mol. The summed E-state index contributed by atoms with van der Waals surface area (Å²) in [5.74, 6) is 0.960. The minimum Gasteiger partial charge on any atom is -0.376 e. The van der Waals surface area contributed by atoms with Crippen molar-refractivity contribution in [2.75, 3.05) is 46.4 Å². The van der Waals surface area contributed by atoms with Crippen LogP contribution in [-0.4, -0.2) is 103 Å². The van der Waals surface area contributed by atoms with Crippen molar-refractivity contribution in [2.24, 2.45) is 11.8 Å². The number of ether oxygens (including phenoxy) is 2. The number of rotatable bonds is 2. The minimum absolute atomic E-state index is 0.00517. The topological polar surface area (TPSA) is 62.3 Å². The second-order valence-corrected chi connectivity index (χ2v) is 12.3. The predicted octanol–water partition coefficient (Wildman–Crippen LogP) is 3.79. The van der Waals surface area contributed by atoms with Gasteiger partial charge >= 0.3 is 0 Å². The molecule has 0 radical (unpaired) electrons. The fraction of sp³-hybridized carbons (Fsp3) is 0.931. The SMILES string of the molecule is CCN1CCOC2CCCCC2CCCCC2(CN(C(=O)C3CC4CC(F)CCC4N3C)CCO2)C1=O. The van der Waals surface area contributed by atoms with Crippen LogP contribution in [0.3, 0.4) is 0 Å². The zero-order valence-corrected chi connectivity index (χ0v) is 23.0. The number of likely N-dealkylation sites (N-methyl/N-ethyl adjacent to an activating group) is 2. The van der Waals surface area contributed by atoms with Gasteiger partial charge < -0.3 is 19.3 Å². The number of nitrogens with zero attached hydrogens (tertiary/aromatic N) is 3. The first-order valence-corrected chi connectivity index (χ1v) is 15.1. The lowest BCUT2D eigenvalue weighted by molar-refractivity contribution is -0.178. The van der Waals surface area contributed by atoms with Gasteiger partial charge in [0.1, 0.15) is 6.17 Å². The lowest BCUT2D eigenvalue weighted by Crippen LogP contribution is -2.63. The molecule has 0 aromatic rings. The first kappa shape index (κ1) is 27.3. The standard InChI is InChI=1S/C29H48FN3O4/c1-3-32-14-16-36-26-10-5-4-8-21(26)9-6-7-13-29(28(32)35)20-33(15-17-37-29)27(34)25-19-22-18-23(30)11-12-24(22)31(25)2/h21-26H,3-20H2,1-2H3. The summed E-state index contributed by atoms with van der Waals surface area (Å²) in [4.78, 5) is 33.8. The van der Waals surface area contributed by atoms with E-state index in [1.54, 1.807) is 0 Å². The highest BCUT2D eigenvalue weighted by Gasteiger charge is 2.50. The molecule has 7 atom stereocenters. The number of hydrogen-bond acceptors (Lipinski definition) is 5. The minimum atomic E-state index is -0.983. The quantitative estimate of drug-likeness (QED) is 0.553. The van der Waals surface area contributed by atoms with Crippen molar-refractivity contribution in [2.45, 2.75) is 114 Å². The molecule has 7 unspecified atom stereocenters. The second-order valence-electron chi connectivity index (χ2n) is 12.3. The molecule has 210 valence electrons. The van der Waals surface area contributed by atoms with E-state index in [9.17, 15) is 14.0 Å². The van der Waals surface area contributed by atoms with Crippen LogP contribution in [0, 0.1) is 11.8 Å². The Balaban J connectivity index is 1.30. The van der Waals surface area contributed by atoms with Gasteiger partial charge in [0, 0.05) is 25.7 Å². The Bertz CT molecular complexity index is 814. The molecule has 1 spiro atoms. The molecule has 3 saturated heterocycles. The highest BCUT2D eigenvalue weighted by molar-refractivity contribution is 5.88. The summed E-state index contributed by atoms with van der Waals surface area (Å²) in [5.41, 5.74) is -0.983. The Morgan fingerprint density at radius 1 is 1.00 bits per heavy atom. The van der Waals surface area contributed by atoms with Crippen molar-refractivity contribution in [3.8, 4) is 0 Å². The predicted molar refractivity (Wildman–Crippen MR) is 140 cm³/mol. The first-order chi connectivity index (χ1) is 17.9. The fourth-order valence-corrected chi connectivity index (χ4v) is 8.06. The number of halogens is 1. The highest BCUT2D eigenvalue weighted by atomic mass is 19.1. The van der Waals surface area contributed by atoms with Crippen LogP contribution < -0.4 is 0 Å². The van der Waals surface area contributed by atoms with Crippen LogP contribution in [-0.2, 0) is 19.1 Å². The Labute approximate surface area is 222 Å². The molecule has 5 rings (SSSR count). The van der Waals surface area contributed by atoms with Crippen LogP contribution in [0.1, 0.15) is 84.0 Å². The number of hydrogen-bond donors (Lipinski definition) is 0. The number of likely N-dealkylation sites (tertiary alicyclic amines) is 1. The maximum atomic E-state index is 14.1. The monoisotopic (exact) mass is 521 g/mol. The lowest BCUT2D eigenvalue weighted by atomic mass is 9.82. The fourth-order valence-electron chi connectivity index (χ4n) is 8.06. The van der Waals surface area contributed by atoms with E-state index in [1.165, 1.54) is 19.3 Å². The number of carbonyl (C=O) groups is 2. The molecule has 37 heavy (non-hydrogen) atoms. The third-order valence-corrected chi connectivity index (χ3v) is 10.2.